The van der Waals surface area contributed by atoms with Crippen molar-refractivity contribution in [2.45, 2.75) is 6.92 Å². The molecule has 0 atom stereocenters. The number of hydrogen-bond donors (Lipinski definition) is 1. The van der Waals surface area contributed by atoms with E-state index in [1.54, 1.807) is 6.08 Å². The fraction of sp³-hybridized carbons (Fsp3) is 0.400. The van der Waals surface area contributed by atoms with E-state index in [-0.39, 0.29) is 24.8 Å². The van der Waals surface area contributed by atoms with Gasteiger partial charge >= 0.3 is 0 Å². The maximum atomic E-state index is 12.0. The first-order valence-electron chi connectivity index (χ1n) is 6.96. The highest BCUT2D eigenvalue weighted by atomic mass is 32.2. The summed E-state index contributed by atoms with van der Waals surface area (Å²) in [6, 6.07) is 5.47. The molecule has 120 valence electrons. The summed E-state index contributed by atoms with van der Waals surface area (Å²) in [5, 5.41) is 2.58. The summed E-state index contributed by atoms with van der Waals surface area (Å²) in [5.74, 6) is 0.860. The van der Waals surface area contributed by atoms with Crippen LogP contribution in [0, 0.1) is 0 Å². The summed E-state index contributed by atoms with van der Waals surface area (Å²) >= 11 is 0. The molecule has 0 saturated carbocycles. The van der Waals surface area contributed by atoms with Crippen LogP contribution in [0.2, 0.25) is 0 Å². The summed E-state index contributed by atoms with van der Waals surface area (Å²) in [5.41, 5.74) is 1.22. The second-order valence-corrected chi connectivity index (χ2v) is 7.21. The molecule has 22 heavy (non-hydrogen) atoms. The number of rotatable bonds is 6. The van der Waals surface area contributed by atoms with Gasteiger partial charge in [-0.25, -0.2) is 8.42 Å². The number of carbonyl (C=O) groups is 1. The molecule has 6 nitrogen and oxygen atoms in total. The van der Waals surface area contributed by atoms with Gasteiger partial charge in [0, 0.05) is 18.4 Å². The van der Waals surface area contributed by atoms with Crippen molar-refractivity contribution in [2.24, 2.45) is 0 Å². The van der Waals surface area contributed by atoms with Crippen LogP contribution in [0.3, 0.4) is 0 Å². The lowest BCUT2D eigenvalue weighted by Crippen LogP contribution is -2.32. The molecule has 0 unspecified atom stereocenters. The minimum atomic E-state index is -3.09. The highest BCUT2D eigenvalue weighted by Gasteiger charge is 2.20. The van der Waals surface area contributed by atoms with Gasteiger partial charge in [0.2, 0.25) is 0 Å². The molecule has 1 amide bonds. The molecule has 0 saturated heterocycles. The smallest absolute Gasteiger partial charge is 0.250 e. The van der Waals surface area contributed by atoms with E-state index in [9.17, 15) is 13.2 Å². The Morgan fingerprint density at radius 3 is 2.86 bits per heavy atom. The molecule has 1 aromatic carbocycles. The predicted molar refractivity (Wildman–Crippen MR) is 83.8 cm³/mol. The number of para-hydroxylation sites is 1. The Kier molecular flexibility index (Phi) is 5.07. The fourth-order valence-electron chi connectivity index (χ4n) is 2.04. The average Bonchev–Trinajstić information content (AvgIpc) is 2.46. The third-order valence-corrected chi connectivity index (χ3v) is 4.01. The molecule has 0 radical (unpaired) electrons. The van der Waals surface area contributed by atoms with Gasteiger partial charge in [-0.1, -0.05) is 12.1 Å². The summed E-state index contributed by atoms with van der Waals surface area (Å²) in [4.78, 5) is 12.0. The molecule has 0 aliphatic carbocycles. The third kappa shape index (κ3) is 4.24. The minimum Gasteiger partial charge on any atom is -0.490 e. The first-order valence-corrected chi connectivity index (χ1v) is 9.02. The van der Waals surface area contributed by atoms with Gasteiger partial charge in [-0.2, -0.15) is 0 Å². The van der Waals surface area contributed by atoms with Gasteiger partial charge in [0.05, 0.1) is 17.9 Å². The van der Waals surface area contributed by atoms with Gasteiger partial charge in [-0.3, -0.25) is 4.79 Å². The number of amides is 1. The van der Waals surface area contributed by atoms with Gasteiger partial charge in [-0.15, -0.1) is 0 Å². The van der Waals surface area contributed by atoms with Crippen LogP contribution in [0.15, 0.2) is 23.8 Å². The zero-order chi connectivity index (χ0) is 16.2. The number of carbonyl (C=O) groups excluding carboxylic acids is 1. The first-order chi connectivity index (χ1) is 10.4. The van der Waals surface area contributed by atoms with Gasteiger partial charge in [0.25, 0.3) is 5.91 Å². The Morgan fingerprint density at radius 2 is 2.18 bits per heavy atom. The minimum absolute atomic E-state index is 0.0842. The maximum absolute atomic E-state index is 12.0. The van der Waals surface area contributed by atoms with E-state index in [0.29, 0.717) is 23.7 Å². The van der Waals surface area contributed by atoms with E-state index < -0.39 is 9.84 Å². The molecule has 0 aromatic heterocycles. The largest absolute Gasteiger partial charge is 0.490 e. The van der Waals surface area contributed by atoms with Crippen LogP contribution in [0.25, 0.3) is 6.08 Å². The third-order valence-electron chi connectivity index (χ3n) is 3.06. The fourth-order valence-corrected chi connectivity index (χ4v) is 2.52. The SMILES string of the molecule is CCOc1cccc2c1OCC(C(=O)NCCS(C)(=O)=O)=C2. The summed E-state index contributed by atoms with van der Waals surface area (Å²) < 4.78 is 33.2. The second kappa shape index (κ2) is 6.83. The van der Waals surface area contributed by atoms with E-state index >= 15 is 0 Å². The van der Waals surface area contributed by atoms with E-state index in [4.69, 9.17) is 9.47 Å². The van der Waals surface area contributed by atoms with Crippen LogP contribution in [0.4, 0.5) is 0 Å². The van der Waals surface area contributed by atoms with Gasteiger partial charge in [-0.05, 0) is 19.1 Å². The Morgan fingerprint density at radius 1 is 1.41 bits per heavy atom. The molecular formula is C15H19NO5S. The second-order valence-electron chi connectivity index (χ2n) is 4.95. The Hall–Kier alpha value is -2.02. The molecular weight excluding hydrogens is 306 g/mol. The lowest BCUT2D eigenvalue weighted by Gasteiger charge is -2.20. The number of hydrogen-bond acceptors (Lipinski definition) is 5. The maximum Gasteiger partial charge on any atom is 0.250 e. The van der Waals surface area contributed by atoms with E-state index in [1.807, 2.05) is 25.1 Å². The molecule has 1 N–H and O–H groups in total. The van der Waals surface area contributed by atoms with E-state index in [2.05, 4.69) is 5.32 Å². The normalized spacial score (nSPS) is 13.6. The Bertz CT molecular complexity index is 694. The standard InChI is InChI=1S/C15H19NO5S/c1-3-20-13-6-4-5-11-9-12(10-21-14(11)13)15(17)16-7-8-22(2,18)19/h4-6,9H,3,7-8,10H2,1-2H3,(H,16,17). The topological polar surface area (TPSA) is 81.7 Å². The number of sulfone groups is 1. The van der Waals surface area contributed by atoms with Crippen LogP contribution >= 0.6 is 0 Å². The molecule has 2 rings (SSSR count). The van der Waals surface area contributed by atoms with Crippen molar-refractivity contribution in [2.75, 3.05) is 31.8 Å². The van der Waals surface area contributed by atoms with Crippen molar-refractivity contribution >= 4 is 21.8 Å². The molecule has 1 aliphatic rings. The highest BCUT2D eigenvalue weighted by Crippen LogP contribution is 2.35. The van der Waals surface area contributed by atoms with Crippen LogP contribution < -0.4 is 14.8 Å². The zero-order valence-electron chi connectivity index (χ0n) is 12.6. The van der Waals surface area contributed by atoms with Crippen molar-refractivity contribution in [3.63, 3.8) is 0 Å². The quantitative estimate of drug-likeness (QED) is 0.844. The summed E-state index contributed by atoms with van der Waals surface area (Å²) in [6.45, 7) is 2.63. The van der Waals surface area contributed by atoms with Gasteiger partial charge in [0.15, 0.2) is 11.5 Å². The lowest BCUT2D eigenvalue weighted by molar-refractivity contribution is -0.117. The number of fused-ring (bicyclic) bond motifs is 1. The number of ether oxygens (including phenoxy) is 2. The van der Waals surface area contributed by atoms with Crippen molar-refractivity contribution in [1.29, 1.82) is 0 Å². The summed E-state index contributed by atoms with van der Waals surface area (Å²) in [7, 11) is -3.09. The van der Waals surface area contributed by atoms with Gasteiger partial charge in [0.1, 0.15) is 16.4 Å². The number of benzene rings is 1. The van der Waals surface area contributed by atoms with Gasteiger partial charge < -0.3 is 14.8 Å². The van der Waals surface area contributed by atoms with Crippen LogP contribution in [-0.4, -0.2) is 46.1 Å². The zero-order valence-corrected chi connectivity index (χ0v) is 13.4. The Balaban J connectivity index is 2.08. The molecule has 0 fully saturated rings. The van der Waals surface area contributed by atoms with Crippen molar-refractivity contribution in [3.05, 3.63) is 29.3 Å². The lowest BCUT2D eigenvalue weighted by atomic mass is 10.1. The molecule has 7 heteroatoms. The molecule has 0 bridgehead atoms. The van der Waals surface area contributed by atoms with E-state index in [0.717, 1.165) is 11.8 Å². The molecule has 1 aliphatic heterocycles. The summed E-state index contributed by atoms with van der Waals surface area (Å²) in [6.07, 6.45) is 2.87. The van der Waals surface area contributed by atoms with Crippen LogP contribution in [-0.2, 0) is 14.6 Å². The van der Waals surface area contributed by atoms with Crippen molar-refractivity contribution < 1.29 is 22.7 Å². The van der Waals surface area contributed by atoms with Crippen molar-refractivity contribution in [1.82, 2.24) is 5.32 Å². The van der Waals surface area contributed by atoms with Crippen molar-refractivity contribution in [3.8, 4) is 11.5 Å². The molecule has 1 heterocycles. The van der Waals surface area contributed by atoms with Crippen LogP contribution in [0.5, 0.6) is 11.5 Å². The average molecular weight is 325 g/mol. The highest BCUT2D eigenvalue weighted by molar-refractivity contribution is 7.90. The van der Waals surface area contributed by atoms with E-state index in [1.165, 1.54) is 0 Å². The monoisotopic (exact) mass is 325 g/mol. The number of nitrogens with one attached hydrogen (secondary N) is 1. The Labute approximate surface area is 130 Å². The molecule has 1 aromatic rings. The van der Waals surface area contributed by atoms with Crippen LogP contribution in [0.1, 0.15) is 12.5 Å². The predicted octanol–water partition coefficient (Wildman–Crippen LogP) is 1.02. The first kappa shape index (κ1) is 16.4. The molecule has 0 spiro atoms.